The summed E-state index contributed by atoms with van der Waals surface area (Å²) in [6.45, 7) is 10.0. The van der Waals surface area contributed by atoms with Crippen LogP contribution in [0.25, 0.3) is 0 Å². The number of nitrogens with zero attached hydrogens (tertiary/aromatic N) is 1. The Morgan fingerprint density at radius 3 is 2.55 bits per heavy atom. The summed E-state index contributed by atoms with van der Waals surface area (Å²) in [5.41, 5.74) is 0.362. The van der Waals surface area contributed by atoms with Gasteiger partial charge >= 0.3 is 5.97 Å². The van der Waals surface area contributed by atoms with Crippen LogP contribution in [-0.2, 0) is 38.0 Å². The molecule has 0 radical (unpaired) electrons. The predicted molar refractivity (Wildman–Crippen MR) is 203 cm³/mol. The van der Waals surface area contributed by atoms with Crippen LogP contribution < -0.4 is 0 Å². The summed E-state index contributed by atoms with van der Waals surface area (Å²) in [6, 6.07) is 0. The van der Waals surface area contributed by atoms with E-state index in [1.54, 1.807) is 26.2 Å². The molecule has 2 bridgehead atoms. The Balaban J connectivity index is 1.25. The molecule has 5 heterocycles. The molecule has 12 nitrogen and oxygen atoms in total. The van der Waals surface area contributed by atoms with Crippen LogP contribution in [0.1, 0.15) is 105 Å². The average molecular weight is 770 g/mol. The molecular formula is C43H63NO11. The molecular weight excluding hydrogens is 706 g/mol. The van der Waals surface area contributed by atoms with E-state index >= 15 is 0 Å². The van der Waals surface area contributed by atoms with Crippen LogP contribution in [0.3, 0.4) is 0 Å². The van der Waals surface area contributed by atoms with E-state index in [4.69, 9.17) is 33.2 Å². The lowest BCUT2D eigenvalue weighted by atomic mass is 9.71. The number of allylic oxidation sites excluding steroid dienone is 2. The van der Waals surface area contributed by atoms with E-state index in [0.717, 1.165) is 24.8 Å². The van der Waals surface area contributed by atoms with Gasteiger partial charge in [0.25, 0.3) is 0 Å². The highest BCUT2D eigenvalue weighted by atomic mass is 16.7. The standard InChI is InChI=1S/C43H63NO11/c1-24-11-10-14-30-23-50-40-36(44-48)27(4)19-33(43(30,40)47)41(46)52-32-20-31(16-15-25(2)38(24)53-35-21-34(49-6)37(45)28(5)51-35)54-42(22-32)18-17-26(3)39(55-42)29-12-8-7-9-13-29/h10-11,14-15,19,24,26,28-29,31-35,37-40,45,47-48H,7-9,12-13,16-18,20-23H2,1-6H3/b11-10+,25-15+,30-14+,44-36-/t24-,26-,28-,31-,32-,33-,34+,35-,37+,38-,39+,40-,42+,43-/m0/s1. The molecule has 0 aromatic heterocycles. The fourth-order valence-electron chi connectivity index (χ4n) is 10.4. The fourth-order valence-corrected chi connectivity index (χ4v) is 10.4. The number of aliphatic hydroxyl groups excluding tert-OH is 1. The highest BCUT2D eigenvalue weighted by Gasteiger charge is 2.60. The number of carbonyl (C=O) groups excluding carboxylic acids is 1. The number of aliphatic hydroxyl groups is 2. The summed E-state index contributed by atoms with van der Waals surface area (Å²) >= 11 is 0. The van der Waals surface area contributed by atoms with Crippen LogP contribution in [-0.4, -0.2) is 107 Å². The second-order valence-corrected chi connectivity index (χ2v) is 17.4. The minimum absolute atomic E-state index is 0.0359. The molecule has 7 rings (SSSR count). The maximum absolute atomic E-state index is 14.4. The first kappa shape index (κ1) is 40.8. The maximum Gasteiger partial charge on any atom is 0.316 e. The van der Waals surface area contributed by atoms with Crippen LogP contribution in [0.4, 0.5) is 0 Å². The van der Waals surface area contributed by atoms with Crippen molar-refractivity contribution < 1.29 is 53.4 Å². The molecule has 306 valence electrons. The normalized spacial score (nSPS) is 47.9. The summed E-state index contributed by atoms with van der Waals surface area (Å²) in [5.74, 6) is -1.83. The van der Waals surface area contributed by atoms with E-state index in [-0.39, 0.29) is 30.4 Å². The second kappa shape index (κ2) is 16.8. The molecule has 1 spiro atoms. The van der Waals surface area contributed by atoms with Gasteiger partial charge in [0, 0.05) is 38.7 Å². The molecule has 5 aliphatic heterocycles. The van der Waals surface area contributed by atoms with Gasteiger partial charge in [-0.05, 0) is 75.0 Å². The lowest BCUT2D eigenvalue weighted by Gasteiger charge is -2.51. The third-order valence-corrected chi connectivity index (χ3v) is 13.6. The topological polar surface area (TPSA) is 155 Å². The first-order chi connectivity index (χ1) is 26.4. The number of ether oxygens (including phenoxy) is 7. The molecule has 14 atom stereocenters. The lowest BCUT2D eigenvalue weighted by molar-refractivity contribution is -0.342. The lowest BCUT2D eigenvalue weighted by Crippen LogP contribution is -2.57. The number of methoxy groups -OCH3 is 1. The Bertz CT molecular complexity index is 1550. The number of carbonyl (C=O) groups is 1. The molecule has 0 aromatic rings. The van der Waals surface area contributed by atoms with Crippen molar-refractivity contribution in [1.82, 2.24) is 0 Å². The molecule has 0 amide bonds. The van der Waals surface area contributed by atoms with Crippen LogP contribution in [0, 0.1) is 23.7 Å². The monoisotopic (exact) mass is 769 g/mol. The number of oxime groups is 1. The summed E-state index contributed by atoms with van der Waals surface area (Å²) in [5, 5.41) is 36.7. The smallest absolute Gasteiger partial charge is 0.316 e. The Morgan fingerprint density at radius 1 is 1.02 bits per heavy atom. The summed E-state index contributed by atoms with van der Waals surface area (Å²) < 4.78 is 45.1. The van der Waals surface area contributed by atoms with Crippen LogP contribution in [0.2, 0.25) is 0 Å². The molecule has 3 N–H and O–H groups in total. The first-order valence-corrected chi connectivity index (χ1v) is 20.7. The van der Waals surface area contributed by atoms with Crippen molar-refractivity contribution >= 4 is 11.7 Å². The number of hydrogen-bond acceptors (Lipinski definition) is 12. The van der Waals surface area contributed by atoms with Gasteiger partial charge in [-0.25, -0.2) is 0 Å². The van der Waals surface area contributed by atoms with Gasteiger partial charge in [0.15, 0.2) is 12.1 Å². The van der Waals surface area contributed by atoms with Gasteiger partial charge in [0.05, 0.1) is 37.1 Å². The van der Waals surface area contributed by atoms with Crippen molar-refractivity contribution in [1.29, 1.82) is 0 Å². The molecule has 12 heteroatoms. The summed E-state index contributed by atoms with van der Waals surface area (Å²) in [4.78, 5) is 14.4. The highest BCUT2D eigenvalue weighted by molar-refractivity contribution is 6.06. The quantitative estimate of drug-likeness (QED) is 0.132. The zero-order valence-corrected chi connectivity index (χ0v) is 33.4. The molecule has 5 fully saturated rings. The minimum Gasteiger partial charge on any atom is -0.462 e. The first-order valence-electron chi connectivity index (χ1n) is 20.7. The largest absolute Gasteiger partial charge is 0.462 e. The fraction of sp³-hybridized carbons (Fsp3) is 0.767. The zero-order valence-electron chi connectivity index (χ0n) is 33.4. The molecule has 2 aliphatic carbocycles. The van der Waals surface area contributed by atoms with Crippen molar-refractivity contribution in [2.24, 2.45) is 28.8 Å². The molecule has 1 saturated carbocycles. The Kier molecular flexibility index (Phi) is 12.5. The Morgan fingerprint density at radius 2 is 1.80 bits per heavy atom. The van der Waals surface area contributed by atoms with E-state index in [1.807, 2.05) is 19.1 Å². The van der Waals surface area contributed by atoms with E-state index in [2.05, 4.69) is 32.0 Å². The molecule has 7 aliphatic rings. The van der Waals surface area contributed by atoms with Crippen molar-refractivity contribution in [2.75, 3.05) is 13.7 Å². The van der Waals surface area contributed by atoms with Gasteiger partial charge in [-0.2, -0.15) is 0 Å². The van der Waals surface area contributed by atoms with Crippen molar-refractivity contribution in [3.05, 3.63) is 47.1 Å². The molecule has 0 unspecified atom stereocenters. The predicted octanol–water partition coefficient (Wildman–Crippen LogP) is 6.07. The van der Waals surface area contributed by atoms with Gasteiger partial charge in [-0.3, -0.25) is 4.79 Å². The van der Waals surface area contributed by atoms with Crippen LogP contribution in [0.15, 0.2) is 52.3 Å². The maximum atomic E-state index is 14.4. The van der Waals surface area contributed by atoms with Crippen molar-refractivity contribution in [2.45, 2.75) is 172 Å². The molecule has 55 heavy (non-hydrogen) atoms. The van der Waals surface area contributed by atoms with Crippen molar-refractivity contribution in [3.8, 4) is 0 Å². The number of fused-ring (bicyclic) bond motifs is 2. The summed E-state index contributed by atoms with van der Waals surface area (Å²) in [7, 11) is 1.59. The number of rotatable bonds is 4. The van der Waals surface area contributed by atoms with E-state index < -0.39 is 66.2 Å². The Hall–Kier alpha value is -2.42. The highest BCUT2D eigenvalue weighted by Crippen LogP contribution is 2.48. The van der Waals surface area contributed by atoms with Gasteiger partial charge < -0.3 is 48.6 Å². The van der Waals surface area contributed by atoms with Crippen LogP contribution >= 0.6 is 0 Å². The minimum atomic E-state index is -1.83. The zero-order chi connectivity index (χ0) is 39.1. The van der Waals surface area contributed by atoms with Gasteiger partial charge in [0.2, 0.25) is 0 Å². The van der Waals surface area contributed by atoms with E-state index in [0.29, 0.717) is 55.1 Å². The van der Waals surface area contributed by atoms with E-state index in [1.165, 1.54) is 19.3 Å². The van der Waals surface area contributed by atoms with Crippen molar-refractivity contribution in [3.63, 3.8) is 0 Å². The van der Waals surface area contributed by atoms with Gasteiger partial charge in [-0.1, -0.05) is 68.6 Å². The van der Waals surface area contributed by atoms with Crippen LogP contribution in [0.5, 0.6) is 0 Å². The molecule has 0 aromatic carbocycles. The van der Waals surface area contributed by atoms with Gasteiger partial charge in [0.1, 0.15) is 35.5 Å². The number of esters is 1. The van der Waals surface area contributed by atoms with E-state index in [9.17, 15) is 20.2 Å². The Labute approximate surface area is 325 Å². The molecule has 4 saturated heterocycles. The summed E-state index contributed by atoms with van der Waals surface area (Å²) in [6.07, 6.45) is 14.4. The van der Waals surface area contributed by atoms with Gasteiger partial charge in [-0.15, -0.1) is 0 Å². The second-order valence-electron chi connectivity index (χ2n) is 17.4. The SMILES string of the molecule is CO[C@@H]1C[C@H](O[C@@H]2/C(C)=C/C[C@H]3C[C@@H](C[C@]4(CC[C@H](C)[C@H](C5CCCCC5)O4)O3)OC(=O)[C@@H]3C=C(C)/C(=N/O)[C@@H]4OC/C(=C\C=C\[C@@H]2C)[C@]34O)O[C@@H](C)[C@H]1O. The third-order valence-electron chi connectivity index (χ3n) is 13.6. The number of hydrogen-bond donors (Lipinski definition) is 3. The third kappa shape index (κ3) is 8.17. The average Bonchev–Trinajstić information content (AvgIpc) is 3.50.